The first-order chi connectivity index (χ1) is 13.6. The number of nitrogens with zero attached hydrogens (tertiary/aromatic N) is 1. The fourth-order valence-electron chi connectivity index (χ4n) is 3.01. The van der Waals surface area contributed by atoms with Crippen LogP contribution in [0, 0.1) is 0 Å². The molecule has 0 atom stereocenters. The summed E-state index contributed by atoms with van der Waals surface area (Å²) in [6, 6.07) is 12.0. The number of hydrogen-bond acceptors (Lipinski definition) is 5. The van der Waals surface area contributed by atoms with E-state index in [-0.39, 0.29) is 10.7 Å². The molecule has 2 rings (SSSR count). The Labute approximate surface area is 179 Å². The van der Waals surface area contributed by atoms with Gasteiger partial charge in [-0.3, -0.25) is 10.2 Å². The van der Waals surface area contributed by atoms with E-state index >= 15 is 0 Å². The summed E-state index contributed by atoms with van der Waals surface area (Å²) in [5.41, 5.74) is 14.1. The molecule has 0 heterocycles. The van der Waals surface area contributed by atoms with E-state index in [1.165, 1.54) is 11.1 Å². The molecule has 2 aromatic carbocycles. The van der Waals surface area contributed by atoms with Gasteiger partial charge in [0.15, 0.2) is 0 Å². The Morgan fingerprint density at radius 3 is 2.45 bits per heavy atom. The van der Waals surface area contributed by atoms with Gasteiger partial charge in [0.05, 0.1) is 13.5 Å². The SMILES string of the molecule is COc1ccc(CC(=O)NN(C)C)cc1Cc1ccc(N)cc1CSC(C)(C)C. The standard InChI is InChI=1S/C23H33N3O2S/c1-23(2,3)29-15-19-14-20(24)9-8-17(19)13-18-11-16(7-10-21(18)28-6)12-22(27)25-26(4)5/h7-11,14H,12-13,15,24H2,1-6H3,(H,25,27). The molecule has 2 aromatic rings. The van der Waals surface area contributed by atoms with E-state index in [4.69, 9.17) is 10.5 Å². The number of benzene rings is 2. The van der Waals surface area contributed by atoms with Crippen molar-refractivity contribution >= 4 is 23.4 Å². The van der Waals surface area contributed by atoms with E-state index < -0.39 is 0 Å². The number of ether oxygens (including phenoxy) is 1. The van der Waals surface area contributed by atoms with Gasteiger partial charge in [-0.05, 0) is 40.5 Å². The highest BCUT2D eigenvalue weighted by molar-refractivity contribution is 7.99. The molecule has 0 bridgehead atoms. The molecular formula is C23H33N3O2S. The molecule has 0 aromatic heterocycles. The molecule has 1 amide bonds. The highest BCUT2D eigenvalue weighted by Crippen LogP contribution is 2.31. The van der Waals surface area contributed by atoms with Gasteiger partial charge in [-0.1, -0.05) is 39.0 Å². The second kappa shape index (κ2) is 10.0. The topological polar surface area (TPSA) is 67.6 Å². The van der Waals surface area contributed by atoms with E-state index in [1.807, 2.05) is 30.0 Å². The van der Waals surface area contributed by atoms with Gasteiger partial charge in [-0.2, -0.15) is 11.8 Å². The molecule has 0 unspecified atom stereocenters. The second-order valence-corrected chi connectivity index (χ2v) is 10.2. The van der Waals surface area contributed by atoms with Gasteiger partial charge in [-0.25, -0.2) is 5.01 Å². The van der Waals surface area contributed by atoms with Crippen molar-refractivity contribution in [2.45, 2.75) is 44.1 Å². The third-order valence-corrected chi connectivity index (χ3v) is 5.65. The molecule has 0 radical (unpaired) electrons. The Bertz CT molecular complexity index is 845. The van der Waals surface area contributed by atoms with Crippen molar-refractivity contribution in [3.05, 3.63) is 58.7 Å². The fraction of sp³-hybridized carbons (Fsp3) is 0.435. The number of methoxy groups -OCH3 is 1. The Hall–Kier alpha value is -2.18. The maximum Gasteiger partial charge on any atom is 0.238 e. The zero-order valence-electron chi connectivity index (χ0n) is 18.3. The van der Waals surface area contributed by atoms with Crippen LogP contribution >= 0.6 is 11.8 Å². The number of nitrogen functional groups attached to an aromatic ring is 1. The van der Waals surface area contributed by atoms with Gasteiger partial charge in [0.2, 0.25) is 5.91 Å². The maximum atomic E-state index is 12.1. The number of thioether (sulfide) groups is 1. The molecule has 3 N–H and O–H groups in total. The first kappa shape index (κ1) is 23.1. The molecule has 0 saturated carbocycles. The van der Waals surface area contributed by atoms with Crippen LogP contribution in [0.5, 0.6) is 5.75 Å². The van der Waals surface area contributed by atoms with Crippen LogP contribution in [0.3, 0.4) is 0 Å². The summed E-state index contributed by atoms with van der Waals surface area (Å²) in [5, 5.41) is 1.65. The minimum atomic E-state index is -0.0409. The van der Waals surface area contributed by atoms with Gasteiger partial charge in [0, 0.05) is 36.7 Å². The fourth-order valence-corrected chi connectivity index (χ4v) is 3.86. The van der Waals surface area contributed by atoms with Crippen molar-refractivity contribution in [2.24, 2.45) is 0 Å². The van der Waals surface area contributed by atoms with Crippen molar-refractivity contribution in [3.63, 3.8) is 0 Å². The molecule has 0 saturated heterocycles. The predicted molar refractivity (Wildman–Crippen MR) is 123 cm³/mol. The molecule has 0 spiro atoms. The largest absolute Gasteiger partial charge is 0.496 e. The van der Waals surface area contributed by atoms with E-state index in [0.29, 0.717) is 6.42 Å². The normalized spacial score (nSPS) is 11.6. The number of carbonyl (C=O) groups excluding carboxylic acids is 1. The van der Waals surface area contributed by atoms with Crippen LogP contribution in [0.4, 0.5) is 5.69 Å². The summed E-state index contributed by atoms with van der Waals surface area (Å²) in [6.07, 6.45) is 1.05. The van der Waals surface area contributed by atoms with Gasteiger partial charge < -0.3 is 10.5 Å². The van der Waals surface area contributed by atoms with Crippen LogP contribution in [0.25, 0.3) is 0 Å². The van der Waals surface area contributed by atoms with Crippen molar-refractivity contribution in [2.75, 3.05) is 26.9 Å². The number of hydrazine groups is 1. The Morgan fingerprint density at radius 2 is 1.83 bits per heavy atom. The Kier molecular flexibility index (Phi) is 7.99. The third-order valence-electron chi connectivity index (χ3n) is 4.33. The zero-order valence-corrected chi connectivity index (χ0v) is 19.2. The van der Waals surface area contributed by atoms with Crippen molar-refractivity contribution in [1.29, 1.82) is 0 Å². The highest BCUT2D eigenvalue weighted by Gasteiger charge is 2.15. The van der Waals surface area contributed by atoms with Gasteiger partial charge in [-0.15, -0.1) is 0 Å². The van der Waals surface area contributed by atoms with Gasteiger partial charge in [0.1, 0.15) is 5.75 Å². The average Bonchev–Trinajstić information content (AvgIpc) is 2.60. The number of rotatable bonds is 8. The van der Waals surface area contributed by atoms with Crippen LogP contribution in [-0.2, 0) is 23.4 Å². The molecule has 158 valence electrons. The summed E-state index contributed by atoms with van der Waals surface area (Å²) >= 11 is 1.90. The van der Waals surface area contributed by atoms with E-state index in [2.05, 4.69) is 44.4 Å². The Morgan fingerprint density at radius 1 is 1.10 bits per heavy atom. The second-order valence-electron chi connectivity index (χ2n) is 8.36. The third kappa shape index (κ3) is 7.63. The van der Waals surface area contributed by atoms with E-state index in [0.717, 1.165) is 34.7 Å². The molecule has 6 heteroatoms. The van der Waals surface area contributed by atoms with Crippen LogP contribution in [-0.4, -0.2) is 36.9 Å². The monoisotopic (exact) mass is 415 g/mol. The lowest BCUT2D eigenvalue weighted by atomic mass is 9.97. The van der Waals surface area contributed by atoms with Crippen molar-refractivity contribution in [1.82, 2.24) is 10.4 Å². The van der Waals surface area contributed by atoms with E-state index in [1.54, 1.807) is 26.2 Å². The number of carbonyl (C=O) groups is 1. The molecule has 5 nitrogen and oxygen atoms in total. The molecule has 29 heavy (non-hydrogen) atoms. The zero-order chi connectivity index (χ0) is 21.6. The number of amides is 1. The van der Waals surface area contributed by atoms with Crippen molar-refractivity contribution in [3.8, 4) is 5.75 Å². The smallest absolute Gasteiger partial charge is 0.238 e. The van der Waals surface area contributed by atoms with Crippen LogP contribution in [0.1, 0.15) is 43.0 Å². The number of nitrogens with two attached hydrogens (primary N) is 1. The average molecular weight is 416 g/mol. The minimum absolute atomic E-state index is 0.0409. The first-order valence-corrected chi connectivity index (χ1v) is 10.7. The van der Waals surface area contributed by atoms with E-state index in [9.17, 15) is 4.79 Å². The van der Waals surface area contributed by atoms with Crippen LogP contribution in [0.2, 0.25) is 0 Å². The number of anilines is 1. The molecular weight excluding hydrogens is 382 g/mol. The molecule has 0 aliphatic rings. The maximum absolute atomic E-state index is 12.1. The Balaban J connectivity index is 2.28. The molecule has 0 aliphatic carbocycles. The number of hydrogen-bond donors (Lipinski definition) is 2. The van der Waals surface area contributed by atoms with Gasteiger partial charge >= 0.3 is 0 Å². The quantitative estimate of drug-likeness (QED) is 0.503. The summed E-state index contributed by atoms with van der Waals surface area (Å²) in [6.45, 7) is 6.65. The number of nitrogens with one attached hydrogen (secondary N) is 1. The summed E-state index contributed by atoms with van der Waals surface area (Å²) in [7, 11) is 5.28. The van der Waals surface area contributed by atoms with Crippen molar-refractivity contribution < 1.29 is 9.53 Å². The lowest BCUT2D eigenvalue weighted by molar-refractivity contribution is -0.124. The first-order valence-electron chi connectivity index (χ1n) is 9.71. The lowest BCUT2D eigenvalue weighted by Crippen LogP contribution is -2.37. The predicted octanol–water partition coefficient (Wildman–Crippen LogP) is 4.04. The van der Waals surface area contributed by atoms with Crippen LogP contribution < -0.4 is 15.9 Å². The summed E-state index contributed by atoms with van der Waals surface area (Å²) in [5.74, 6) is 1.69. The summed E-state index contributed by atoms with van der Waals surface area (Å²) < 4.78 is 5.76. The minimum Gasteiger partial charge on any atom is -0.496 e. The van der Waals surface area contributed by atoms with Crippen LogP contribution in [0.15, 0.2) is 36.4 Å². The molecule has 0 aliphatic heterocycles. The highest BCUT2D eigenvalue weighted by atomic mass is 32.2. The molecule has 0 fully saturated rings. The van der Waals surface area contributed by atoms with Gasteiger partial charge in [0.25, 0.3) is 0 Å². The lowest BCUT2D eigenvalue weighted by Gasteiger charge is -2.20. The summed E-state index contributed by atoms with van der Waals surface area (Å²) in [4.78, 5) is 12.1.